The van der Waals surface area contributed by atoms with E-state index in [0.717, 1.165) is 61.7 Å². The number of likely N-dealkylation sites (N-methyl/N-ethyl adjacent to an activating group) is 1. The second-order valence-electron chi connectivity index (χ2n) is 8.49. The molecule has 3 heterocycles. The van der Waals surface area contributed by atoms with Crippen LogP contribution in [0.25, 0.3) is 10.6 Å². The molecule has 1 N–H and O–H groups in total. The van der Waals surface area contributed by atoms with Gasteiger partial charge in [0.05, 0.1) is 18.0 Å². The van der Waals surface area contributed by atoms with Crippen LogP contribution in [0.4, 0.5) is 0 Å². The zero-order valence-corrected chi connectivity index (χ0v) is 18.8. The van der Waals surface area contributed by atoms with Gasteiger partial charge < -0.3 is 15.1 Å². The molecule has 0 aliphatic carbocycles. The molecule has 1 fully saturated rings. The molecule has 0 spiro atoms. The highest BCUT2D eigenvalue weighted by molar-refractivity contribution is 7.13. The van der Waals surface area contributed by atoms with Crippen LogP contribution in [0.3, 0.4) is 0 Å². The minimum atomic E-state index is -0.00532. The molecule has 2 amide bonds. The van der Waals surface area contributed by atoms with Gasteiger partial charge in [-0.3, -0.25) is 9.59 Å². The normalized spacial score (nSPS) is 22.2. The number of rotatable bonds is 5. The van der Waals surface area contributed by atoms with Gasteiger partial charge in [-0.05, 0) is 26.3 Å². The molecule has 31 heavy (non-hydrogen) atoms. The van der Waals surface area contributed by atoms with Crippen molar-refractivity contribution in [3.05, 3.63) is 53.6 Å². The first-order valence-electron chi connectivity index (χ1n) is 11.0. The maximum Gasteiger partial charge on any atom is 0.227 e. The molecule has 2 atom stereocenters. The van der Waals surface area contributed by atoms with E-state index in [1.807, 2.05) is 47.7 Å². The van der Waals surface area contributed by atoms with Gasteiger partial charge >= 0.3 is 0 Å². The summed E-state index contributed by atoms with van der Waals surface area (Å²) in [5.41, 5.74) is 1.87. The fourth-order valence-electron chi connectivity index (χ4n) is 4.38. The largest absolute Gasteiger partial charge is 0.352 e. The van der Waals surface area contributed by atoms with Crippen LogP contribution in [0, 0.1) is 5.92 Å². The number of carbonyl (C=O) groups is 2. The fourth-order valence-corrected chi connectivity index (χ4v) is 5.20. The van der Waals surface area contributed by atoms with Crippen molar-refractivity contribution in [1.29, 1.82) is 0 Å². The van der Waals surface area contributed by atoms with Gasteiger partial charge in [-0.1, -0.05) is 42.5 Å². The van der Waals surface area contributed by atoms with E-state index < -0.39 is 0 Å². The number of amides is 2. The minimum Gasteiger partial charge on any atom is -0.352 e. The summed E-state index contributed by atoms with van der Waals surface area (Å²) in [5, 5.41) is 6.07. The van der Waals surface area contributed by atoms with E-state index in [4.69, 9.17) is 0 Å². The number of hydrogen-bond donors (Lipinski definition) is 1. The third-order valence-electron chi connectivity index (χ3n) is 5.93. The Labute approximate surface area is 188 Å². The average molecular weight is 439 g/mol. The molecular weight excluding hydrogens is 408 g/mol. The Bertz CT molecular complexity index is 927. The summed E-state index contributed by atoms with van der Waals surface area (Å²) in [4.78, 5) is 34.3. The molecule has 0 unspecified atom stereocenters. The lowest BCUT2D eigenvalue weighted by Gasteiger charge is -2.28. The SMILES string of the molecule is CN1C[C@@H](NC(=O)Cc2csc(-c3ccccc3)n2)CC[C@@H](C(=O)N2CC=CCC2)C1. The van der Waals surface area contributed by atoms with Crippen molar-refractivity contribution in [1.82, 2.24) is 20.1 Å². The van der Waals surface area contributed by atoms with Crippen LogP contribution in [-0.4, -0.2) is 65.9 Å². The summed E-state index contributed by atoms with van der Waals surface area (Å²) in [5.74, 6) is 0.249. The van der Waals surface area contributed by atoms with Crippen LogP contribution in [-0.2, 0) is 16.0 Å². The Balaban J connectivity index is 1.30. The van der Waals surface area contributed by atoms with Gasteiger partial charge in [0.25, 0.3) is 0 Å². The Hall–Kier alpha value is -2.51. The maximum atomic E-state index is 12.9. The van der Waals surface area contributed by atoms with Crippen LogP contribution in [0.5, 0.6) is 0 Å². The zero-order chi connectivity index (χ0) is 21.6. The highest BCUT2D eigenvalue weighted by atomic mass is 32.1. The van der Waals surface area contributed by atoms with Crippen molar-refractivity contribution in [2.24, 2.45) is 5.92 Å². The Kier molecular flexibility index (Phi) is 7.14. The first kappa shape index (κ1) is 21.7. The molecule has 7 heteroatoms. The van der Waals surface area contributed by atoms with Crippen LogP contribution in [0.15, 0.2) is 47.9 Å². The summed E-state index contributed by atoms with van der Waals surface area (Å²) in [6, 6.07) is 10.1. The molecule has 164 valence electrons. The lowest BCUT2D eigenvalue weighted by Crippen LogP contribution is -2.43. The summed E-state index contributed by atoms with van der Waals surface area (Å²) < 4.78 is 0. The van der Waals surface area contributed by atoms with Crippen molar-refractivity contribution in [2.75, 3.05) is 33.2 Å². The third-order valence-corrected chi connectivity index (χ3v) is 6.87. The Morgan fingerprint density at radius 3 is 2.77 bits per heavy atom. The van der Waals surface area contributed by atoms with Crippen LogP contribution < -0.4 is 5.32 Å². The first-order valence-corrected chi connectivity index (χ1v) is 11.9. The van der Waals surface area contributed by atoms with Crippen molar-refractivity contribution >= 4 is 23.2 Å². The average Bonchev–Trinajstić information content (AvgIpc) is 3.17. The lowest BCUT2D eigenvalue weighted by atomic mass is 9.99. The molecule has 0 saturated carbocycles. The van der Waals surface area contributed by atoms with E-state index >= 15 is 0 Å². The topological polar surface area (TPSA) is 65.5 Å². The number of nitrogens with zero attached hydrogens (tertiary/aromatic N) is 3. The van der Waals surface area contributed by atoms with E-state index in [-0.39, 0.29) is 30.2 Å². The molecule has 2 aromatic rings. The quantitative estimate of drug-likeness (QED) is 0.729. The molecule has 0 radical (unpaired) electrons. The molecule has 6 nitrogen and oxygen atoms in total. The number of aromatic nitrogens is 1. The second kappa shape index (κ2) is 10.2. The van der Waals surface area contributed by atoms with Crippen molar-refractivity contribution in [3.8, 4) is 10.6 Å². The molecule has 1 aromatic heterocycles. The Morgan fingerprint density at radius 2 is 2.00 bits per heavy atom. The smallest absolute Gasteiger partial charge is 0.227 e. The van der Waals surface area contributed by atoms with Crippen LogP contribution in [0.2, 0.25) is 0 Å². The van der Waals surface area contributed by atoms with E-state index in [1.54, 1.807) is 11.3 Å². The predicted octanol–water partition coefficient (Wildman–Crippen LogP) is 2.97. The summed E-state index contributed by atoms with van der Waals surface area (Å²) in [6.07, 6.45) is 7.07. The third kappa shape index (κ3) is 5.80. The predicted molar refractivity (Wildman–Crippen MR) is 124 cm³/mol. The highest BCUT2D eigenvalue weighted by Crippen LogP contribution is 2.24. The maximum absolute atomic E-state index is 12.9. The summed E-state index contributed by atoms with van der Waals surface area (Å²) in [7, 11) is 2.04. The summed E-state index contributed by atoms with van der Waals surface area (Å²) >= 11 is 1.57. The van der Waals surface area contributed by atoms with Gasteiger partial charge in [0.1, 0.15) is 5.01 Å². The van der Waals surface area contributed by atoms with E-state index in [9.17, 15) is 9.59 Å². The van der Waals surface area contributed by atoms with Crippen molar-refractivity contribution in [2.45, 2.75) is 31.7 Å². The number of nitrogens with one attached hydrogen (secondary N) is 1. The highest BCUT2D eigenvalue weighted by Gasteiger charge is 2.30. The molecule has 2 aliphatic rings. The van der Waals surface area contributed by atoms with Gasteiger partial charge in [0.2, 0.25) is 11.8 Å². The molecular formula is C24H30N4O2S. The fraction of sp³-hybridized carbons (Fsp3) is 0.458. The molecule has 1 saturated heterocycles. The lowest BCUT2D eigenvalue weighted by molar-refractivity contribution is -0.135. The van der Waals surface area contributed by atoms with Crippen LogP contribution in [0.1, 0.15) is 25.0 Å². The number of likely N-dealkylation sites (tertiary alicyclic amines) is 1. The zero-order valence-electron chi connectivity index (χ0n) is 18.0. The molecule has 1 aromatic carbocycles. The molecule has 2 aliphatic heterocycles. The van der Waals surface area contributed by atoms with E-state index in [0.29, 0.717) is 0 Å². The number of hydrogen-bond acceptors (Lipinski definition) is 5. The van der Waals surface area contributed by atoms with Crippen molar-refractivity contribution < 1.29 is 9.59 Å². The van der Waals surface area contributed by atoms with Gasteiger partial charge in [0.15, 0.2) is 0 Å². The standard InChI is InChI=1S/C24H30N4O2S/c1-27-15-19(24(30)28-12-6-3-7-13-28)10-11-20(16-27)25-22(29)14-21-17-31-23(26-21)18-8-4-2-5-9-18/h2-6,8-9,17,19-20H,7,10-16H2,1H3,(H,25,29)/t19-,20+/m1/s1. The van der Waals surface area contributed by atoms with Gasteiger partial charge in [-0.15, -0.1) is 11.3 Å². The first-order chi connectivity index (χ1) is 15.1. The number of benzene rings is 1. The monoisotopic (exact) mass is 438 g/mol. The molecule has 4 rings (SSSR count). The van der Waals surface area contributed by atoms with Crippen molar-refractivity contribution in [3.63, 3.8) is 0 Å². The molecule has 0 bridgehead atoms. The van der Waals surface area contributed by atoms with E-state index in [1.165, 1.54) is 0 Å². The van der Waals surface area contributed by atoms with Gasteiger partial charge in [0, 0.05) is 43.2 Å². The second-order valence-corrected chi connectivity index (χ2v) is 9.35. The van der Waals surface area contributed by atoms with Crippen LogP contribution >= 0.6 is 11.3 Å². The number of thiazole rings is 1. The summed E-state index contributed by atoms with van der Waals surface area (Å²) in [6.45, 7) is 3.05. The number of carbonyl (C=O) groups excluding carboxylic acids is 2. The van der Waals surface area contributed by atoms with E-state index in [2.05, 4.69) is 27.4 Å². The minimum absolute atomic E-state index is 0.00498. The van der Waals surface area contributed by atoms with Gasteiger partial charge in [-0.2, -0.15) is 0 Å². The van der Waals surface area contributed by atoms with Gasteiger partial charge in [-0.25, -0.2) is 4.98 Å². The Morgan fingerprint density at radius 1 is 1.16 bits per heavy atom.